The summed E-state index contributed by atoms with van der Waals surface area (Å²) in [5.41, 5.74) is 2.50. The lowest BCUT2D eigenvalue weighted by Gasteiger charge is -2.14. The van der Waals surface area contributed by atoms with Crippen molar-refractivity contribution in [3.63, 3.8) is 0 Å². The number of hydrogen-bond acceptors (Lipinski definition) is 1. The number of amides is 1. The molecule has 1 amide bonds. The van der Waals surface area contributed by atoms with Crippen molar-refractivity contribution in [1.82, 2.24) is 4.90 Å². The van der Waals surface area contributed by atoms with E-state index in [2.05, 4.69) is 26.5 Å². The summed E-state index contributed by atoms with van der Waals surface area (Å²) >= 11 is 0. The highest BCUT2D eigenvalue weighted by Gasteiger charge is 2.01. The fraction of sp³-hybridized carbons (Fsp3) is 0.615. The Morgan fingerprint density at radius 3 is 2.40 bits per heavy atom. The first kappa shape index (κ1) is 13.9. The standard InChI is InChI=1S/C13H23NO/c1-11(2)8-6-7-9-12(3)10-14(5)13(4)15/h9H,1,6-8,10H2,2-5H3. The Bertz CT molecular complexity index is 253. The fourth-order valence-corrected chi connectivity index (χ4v) is 1.30. The van der Waals surface area contributed by atoms with Crippen molar-refractivity contribution < 1.29 is 4.79 Å². The average Bonchev–Trinajstić information content (AvgIpc) is 2.12. The van der Waals surface area contributed by atoms with Crippen molar-refractivity contribution in [1.29, 1.82) is 0 Å². The van der Waals surface area contributed by atoms with E-state index in [9.17, 15) is 4.79 Å². The van der Waals surface area contributed by atoms with Crippen molar-refractivity contribution in [3.8, 4) is 0 Å². The molecule has 0 aliphatic rings. The van der Waals surface area contributed by atoms with Crippen LogP contribution < -0.4 is 0 Å². The first-order valence-corrected chi connectivity index (χ1v) is 5.45. The second kappa shape index (κ2) is 7.27. The molecule has 0 atom stereocenters. The minimum absolute atomic E-state index is 0.115. The molecule has 0 rings (SSSR count). The van der Waals surface area contributed by atoms with E-state index in [1.54, 1.807) is 11.8 Å². The fourth-order valence-electron chi connectivity index (χ4n) is 1.30. The van der Waals surface area contributed by atoms with Gasteiger partial charge in [0.2, 0.25) is 5.91 Å². The van der Waals surface area contributed by atoms with Gasteiger partial charge in [-0.2, -0.15) is 0 Å². The van der Waals surface area contributed by atoms with Gasteiger partial charge in [-0.3, -0.25) is 4.79 Å². The molecule has 0 radical (unpaired) electrons. The number of likely N-dealkylation sites (N-methyl/N-ethyl adjacent to an activating group) is 1. The van der Waals surface area contributed by atoms with Crippen LogP contribution in [0.2, 0.25) is 0 Å². The van der Waals surface area contributed by atoms with Crippen LogP contribution >= 0.6 is 0 Å². The lowest BCUT2D eigenvalue weighted by atomic mass is 10.1. The van der Waals surface area contributed by atoms with Crippen molar-refractivity contribution in [2.45, 2.75) is 40.0 Å². The predicted octanol–water partition coefficient (Wildman–Crippen LogP) is 3.16. The Hall–Kier alpha value is -1.05. The third kappa shape index (κ3) is 7.98. The largest absolute Gasteiger partial charge is 0.342 e. The number of allylic oxidation sites excluding steroid dienone is 2. The maximum atomic E-state index is 11.0. The third-order valence-corrected chi connectivity index (χ3v) is 2.32. The van der Waals surface area contributed by atoms with Crippen LogP contribution in [0.25, 0.3) is 0 Å². The van der Waals surface area contributed by atoms with Crippen LogP contribution in [0.5, 0.6) is 0 Å². The van der Waals surface area contributed by atoms with Gasteiger partial charge in [-0.05, 0) is 33.1 Å². The topological polar surface area (TPSA) is 20.3 Å². The molecule has 0 saturated heterocycles. The molecular weight excluding hydrogens is 186 g/mol. The van der Waals surface area contributed by atoms with E-state index in [1.165, 1.54) is 11.1 Å². The van der Waals surface area contributed by atoms with Crippen LogP contribution in [0.15, 0.2) is 23.8 Å². The first-order valence-electron chi connectivity index (χ1n) is 5.45. The lowest BCUT2D eigenvalue weighted by molar-refractivity contribution is -0.127. The third-order valence-electron chi connectivity index (χ3n) is 2.32. The summed E-state index contributed by atoms with van der Waals surface area (Å²) in [7, 11) is 1.83. The van der Waals surface area contributed by atoms with Crippen LogP contribution in [0.1, 0.15) is 40.0 Å². The maximum absolute atomic E-state index is 11.0. The van der Waals surface area contributed by atoms with Crippen molar-refractivity contribution in [3.05, 3.63) is 23.8 Å². The van der Waals surface area contributed by atoms with Crippen molar-refractivity contribution >= 4 is 5.91 Å². The Kier molecular flexibility index (Phi) is 6.76. The smallest absolute Gasteiger partial charge is 0.219 e. The van der Waals surface area contributed by atoms with Gasteiger partial charge >= 0.3 is 0 Å². The van der Waals surface area contributed by atoms with Crippen LogP contribution in [0, 0.1) is 0 Å². The van der Waals surface area contributed by atoms with E-state index in [0.717, 1.165) is 25.8 Å². The Morgan fingerprint density at radius 1 is 1.33 bits per heavy atom. The molecule has 15 heavy (non-hydrogen) atoms. The molecule has 0 aromatic heterocycles. The average molecular weight is 209 g/mol. The molecule has 0 heterocycles. The van der Waals surface area contributed by atoms with Gasteiger partial charge in [-0.1, -0.05) is 17.2 Å². The van der Waals surface area contributed by atoms with E-state index in [0.29, 0.717) is 0 Å². The van der Waals surface area contributed by atoms with E-state index < -0.39 is 0 Å². The quantitative estimate of drug-likeness (QED) is 0.486. The lowest BCUT2D eigenvalue weighted by Crippen LogP contribution is -2.25. The molecule has 2 nitrogen and oxygen atoms in total. The zero-order valence-electron chi connectivity index (χ0n) is 10.5. The highest BCUT2D eigenvalue weighted by Crippen LogP contribution is 2.07. The Morgan fingerprint density at radius 2 is 1.93 bits per heavy atom. The molecule has 2 heteroatoms. The van der Waals surface area contributed by atoms with Crippen LogP contribution in [-0.4, -0.2) is 24.4 Å². The molecule has 0 aliphatic heterocycles. The van der Waals surface area contributed by atoms with Gasteiger partial charge < -0.3 is 4.90 Å². The molecule has 0 unspecified atom stereocenters. The zero-order valence-corrected chi connectivity index (χ0v) is 10.5. The van der Waals surface area contributed by atoms with Gasteiger partial charge in [0.25, 0.3) is 0 Å². The number of carbonyl (C=O) groups is 1. The second-order valence-electron chi connectivity index (χ2n) is 4.27. The zero-order chi connectivity index (χ0) is 11.8. The van der Waals surface area contributed by atoms with Crippen LogP contribution in [0.3, 0.4) is 0 Å². The number of nitrogens with zero attached hydrogens (tertiary/aromatic N) is 1. The minimum Gasteiger partial charge on any atom is -0.342 e. The molecule has 0 fully saturated rings. The molecule has 0 aliphatic carbocycles. The highest BCUT2D eigenvalue weighted by molar-refractivity contribution is 5.73. The Balaban J connectivity index is 3.79. The van der Waals surface area contributed by atoms with E-state index in [1.807, 2.05) is 7.05 Å². The van der Waals surface area contributed by atoms with Gasteiger partial charge in [0.1, 0.15) is 0 Å². The highest BCUT2D eigenvalue weighted by atomic mass is 16.2. The molecule has 0 aromatic rings. The summed E-state index contributed by atoms with van der Waals surface area (Å²) in [4.78, 5) is 12.7. The van der Waals surface area contributed by atoms with Gasteiger partial charge in [0.05, 0.1) is 0 Å². The molecule has 0 bridgehead atoms. The second-order valence-corrected chi connectivity index (χ2v) is 4.27. The predicted molar refractivity (Wildman–Crippen MR) is 65.7 cm³/mol. The van der Waals surface area contributed by atoms with Gasteiger partial charge in [-0.25, -0.2) is 0 Å². The Labute approximate surface area is 93.7 Å². The van der Waals surface area contributed by atoms with Gasteiger partial charge in [-0.15, -0.1) is 6.58 Å². The first-order chi connectivity index (χ1) is 6.93. The van der Waals surface area contributed by atoms with Crippen molar-refractivity contribution in [2.75, 3.05) is 13.6 Å². The van der Waals surface area contributed by atoms with Gasteiger partial charge in [0.15, 0.2) is 0 Å². The molecular formula is C13H23NO. The monoisotopic (exact) mass is 209 g/mol. The van der Waals surface area contributed by atoms with Gasteiger partial charge in [0, 0.05) is 20.5 Å². The molecule has 86 valence electrons. The summed E-state index contributed by atoms with van der Waals surface area (Å²) in [6, 6.07) is 0. The summed E-state index contributed by atoms with van der Waals surface area (Å²) in [6.07, 6.45) is 5.52. The number of hydrogen-bond donors (Lipinski definition) is 0. The summed E-state index contributed by atoms with van der Waals surface area (Å²) in [5.74, 6) is 0.115. The number of rotatable bonds is 6. The van der Waals surface area contributed by atoms with E-state index in [-0.39, 0.29) is 5.91 Å². The number of carbonyl (C=O) groups excluding carboxylic acids is 1. The number of unbranched alkanes of at least 4 members (excludes halogenated alkanes) is 1. The van der Waals surface area contributed by atoms with Crippen molar-refractivity contribution in [2.24, 2.45) is 0 Å². The minimum atomic E-state index is 0.115. The summed E-state index contributed by atoms with van der Waals surface area (Å²) < 4.78 is 0. The molecule has 0 aromatic carbocycles. The maximum Gasteiger partial charge on any atom is 0.219 e. The van der Waals surface area contributed by atoms with Crippen LogP contribution in [0.4, 0.5) is 0 Å². The molecule has 0 saturated carbocycles. The van der Waals surface area contributed by atoms with E-state index in [4.69, 9.17) is 0 Å². The van der Waals surface area contributed by atoms with E-state index >= 15 is 0 Å². The van der Waals surface area contributed by atoms with Crippen LogP contribution in [-0.2, 0) is 4.79 Å². The molecule has 0 N–H and O–H groups in total. The molecule has 0 spiro atoms. The SMILES string of the molecule is C=C(C)CCCC=C(C)CN(C)C(C)=O. The normalized spacial score (nSPS) is 11.3. The summed E-state index contributed by atoms with van der Waals surface area (Å²) in [5, 5.41) is 0. The summed E-state index contributed by atoms with van der Waals surface area (Å²) in [6.45, 7) is 10.3.